The van der Waals surface area contributed by atoms with Crippen LogP contribution in [0.1, 0.15) is 64.2 Å². The summed E-state index contributed by atoms with van der Waals surface area (Å²) in [6.45, 7) is 0.832. The molecule has 1 rings (SSSR count). The first-order valence-corrected chi connectivity index (χ1v) is 8.02. The number of rotatable bonds is 10. The van der Waals surface area contributed by atoms with Gasteiger partial charge in [-0.25, -0.2) is 0 Å². The van der Waals surface area contributed by atoms with E-state index in [9.17, 15) is 14.7 Å². The van der Waals surface area contributed by atoms with Gasteiger partial charge in [0.1, 0.15) is 6.17 Å². The Balaban J connectivity index is 1.94. The van der Waals surface area contributed by atoms with E-state index in [0.29, 0.717) is 6.42 Å². The average Bonchev–Trinajstić information content (AvgIpc) is 2.44. The largest absolute Gasteiger partial charge is 0.481 e. The van der Waals surface area contributed by atoms with Crippen LogP contribution >= 0.6 is 0 Å². The summed E-state index contributed by atoms with van der Waals surface area (Å²) in [5.74, 6) is -0.746. The molecule has 0 bridgehead atoms. The van der Waals surface area contributed by atoms with E-state index in [0.717, 1.165) is 57.9 Å². The van der Waals surface area contributed by atoms with E-state index in [1.165, 1.54) is 0 Å². The molecule has 0 radical (unpaired) electrons. The fraction of sp³-hybridized carbons (Fsp3) is 0.867. The summed E-state index contributed by atoms with van der Waals surface area (Å²) in [4.78, 5) is 22.1. The molecule has 4 N–H and O–H groups in total. The summed E-state index contributed by atoms with van der Waals surface area (Å²) < 4.78 is 0. The lowest BCUT2D eigenvalue weighted by Crippen LogP contribution is -2.55. The van der Waals surface area contributed by atoms with Crippen LogP contribution in [0.4, 0.5) is 0 Å². The van der Waals surface area contributed by atoms with Gasteiger partial charge in [-0.3, -0.25) is 14.9 Å². The maximum absolute atomic E-state index is 11.7. The Labute approximate surface area is 126 Å². The molecule has 0 saturated carbocycles. The Morgan fingerprint density at radius 3 is 2.29 bits per heavy atom. The molecule has 0 aromatic heterocycles. The van der Waals surface area contributed by atoms with E-state index in [1.807, 2.05) is 0 Å². The van der Waals surface area contributed by atoms with Crippen LogP contribution in [0.3, 0.4) is 0 Å². The molecular formula is C15H28N2O4. The van der Waals surface area contributed by atoms with E-state index in [-0.39, 0.29) is 18.5 Å². The van der Waals surface area contributed by atoms with E-state index in [4.69, 9.17) is 5.11 Å². The zero-order valence-corrected chi connectivity index (χ0v) is 12.6. The molecular weight excluding hydrogens is 272 g/mol. The van der Waals surface area contributed by atoms with Crippen molar-refractivity contribution >= 4 is 11.9 Å². The van der Waals surface area contributed by atoms with Crippen LogP contribution in [0.2, 0.25) is 0 Å². The molecule has 6 heteroatoms. The van der Waals surface area contributed by atoms with Gasteiger partial charge in [-0.15, -0.1) is 0 Å². The minimum absolute atomic E-state index is 0.0145. The topological polar surface area (TPSA) is 98.7 Å². The summed E-state index contributed by atoms with van der Waals surface area (Å²) in [5, 5.41) is 24.2. The van der Waals surface area contributed by atoms with Crippen LogP contribution in [-0.4, -0.2) is 40.9 Å². The van der Waals surface area contributed by atoms with Crippen LogP contribution < -0.4 is 10.6 Å². The molecule has 1 fully saturated rings. The number of hydrogen-bond acceptors (Lipinski definition) is 4. The van der Waals surface area contributed by atoms with Gasteiger partial charge in [0.05, 0.1) is 6.10 Å². The van der Waals surface area contributed by atoms with Gasteiger partial charge >= 0.3 is 5.97 Å². The van der Waals surface area contributed by atoms with E-state index < -0.39 is 12.1 Å². The third-order valence-electron chi connectivity index (χ3n) is 3.79. The molecule has 1 aliphatic heterocycles. The molecule has 0 aromatic carbocycles. The van der Waals surface area contributed by atoms with Crippen molar-refractivity contribution in [3.05, 3.63) is 0 Å². The lowest BCUT2D eigenvalue weighted by molar-refractivity contribution is -0.137. The molecule has 1 saturated heterocycles. The molecule has 6 nitrogen and oxygen atoms in total. The molecule has 0 aliphatic carbocycles. The predicted molar refractivity (Wildman–Crippen MR) is 79.7 cm³/mol. The van der Waals surface area contributed by atoms with Crippen molar-refractivity contribution in [1.82, 2.24) is 10.6 Å². The Kier molecular flexibility index (Phi) is 9.01. The van der Waals surface area contributed by atoms with Crippen molar-refractivity contribution in [1.29, 1.82) is 0 Å². The second-order valence-corrected chi connectivity index (χ2v) is 5.72. The lowest BCUT2D eigenvalue weighted by Gasteiger charge is -2.29. The molecule has 0 spiro atoms. The summed E-state index contributed by atoms with van der Waals surface area (Å²) in [7, 11) is 0. The number of hydrogen-bond donors (Lipinski definition) is 4. The van der Waals surface area contributed by atoms with Gasteiger partial charge in [-0.05, 0) is 32.2 Å². The molecule has 0 aromatic rings. The Hall–Kier alpha value is -1.14. The summed E-state index contributed by atoms with van der Waals surface area (Å²) >= 11 is 0. The SMILES string of the molecule is O=C(O)CCCCCCCCC(=O)NC1NCCCC1O. The van der Waals surface area contributed by atoms with Gasteiger partial charge in [0.15, 0.2) is 0 Å². The minimum Gasteiger partial charge on any atom is -0.481 e. The smallest absolute Gasteiger partial charge is 0.303 e. The summed E-state index contributed by atoms with van der Waals surface area (Å²) in [6.07, 6.45) is 7.18. The Morgan fingerprint density at radius 2 is 1.67 bits per heavy atom. The van der Waals surface area contributed by atoms with Gasteiger partial charge in [0, 0.05) is 12.8 Å². The Morgan fingerprint density at radius 1 is 1.05 bits per heavy atom. The highest BCUT2D eigenvalue weighted by atomic mass is 16.4. The maximum atomic E-state index is 11.7. The number of aliphatic carboxylic acids is 1. The maximum Gasteiger partial charge on any atom is 0.303 e. The van der Waals surface area contributed by atoms with Crippen LogP contribution in [0.15, 0.2) is 0 Å². The first-order valence-electron chi connectivity index (χ1n) is 8.02. The van der Waals surface area contributed by atoms with Crippen LogP contribution in [-0.2, 0) is 9.59 Å². The molecule has 122 valence electrons. The van der Waals surface area contributed by atoms with Gasteiger partial charge in [0.2, 0.25) is 5.91 Å². The van der Waals surface area contributed by atoms with E-state index in [1.54, 1.807) is 0 Å². The number of aliphatic hydroxyl groups excluding tert-OH is 1. The van der Waals surface area contributed by atoms with Gasteiger partial charge < -0.3 is 15.5 Å². The van der Waals surface area contributed by atoms with Crippen molar-refractivity contribution in [3.63, 3.8) is 0 Å². The van der Waals surface area contributed by atoms with E-state index in [2.05, 4.69) is 10.6 Å². The van der Waals surface area contributed by atoms with Crippen molar-refractivity contribution < 1.29 is 19.8 Å². The molecule has 1 aliphatic rings. The van der Waals surface area contributed by atoms with Gasteiger partial charge in [0.25, 0.3) is 0 Å². The highest BCUT2D eigenvalue weighted by Crippen LogP contribution is 2.10. The van der Waals surface area contributed by atoms with Crippen molar-refractivity contribution in [2.75, 3.05) is 6.54 Å². The number of carbonyl (C=O) groups excluding carboxylic acids is 1. The third-order valence-corrected chi connectivity index (χ3v) is 3.79. The normalized spacial score (nSPS) is 22.0. The second kappa shape index (κ2) is 10.6. The fourth-order valence-electron chi connectivity index (χ4n) is 2.53. The Bertz CT molecular complexity index is 323. The number of piperidine rings is 1. The van der Waals surface area contributed by atoms with Crippen molar-refractivity contribution in [2.45, 2.75) is 76.5 Å². The highest BCUT2D eigenvalue weighted by Gasteiger charge is 2.23. The summed E-state index contributed by atoms with van der Waals surface area (Å²) in [5.41, 5.74) is 0. The first kappa shape index (κ1) is 17.9. The second-order valence-electron chi connectivity index (χ2n) is 5.72. The van der Waals surface area contributed by atoms with E-state index >= 15 is 0 Å². The first-order chi connectivity index (χ1) is 10.1. The number of unbranched alkanes of at least 4 members (excludes halogenated alkanes) is 5. The molecule has 21 heavy (non-hydrogen) atoms. The molecule has 2 atom stereocenters. The number of aliphatic hydroxyl groups is 1. The number of amides is 1. The predicted octanol–water partition coefficient (Wildman–Crippen LogP) is 1.38. The minimum atomic E-state index is -0.731. The van der Waals surface area contributed by atoms with Gasteiger partial charge in [-0.1, -0.05) is 25.7 Å². The van der Waals surface area contributed by atoms with Crippen molar-refractivity contribution in [3.8, 4) is 0 Å². The fourth-order valence-corrected chi connectivity index (χ4v) is 2.53. The van der Waals surface area contributed by atoms with Crippen LogP contribution in [0, 0.1) is 0 Å². The zero-order chi connectivity index (χ0) is 15.5. The number of carboxylic acids is 1. The standard InChI is InChI=1S/C15H28N2O4/c18-12-8-7-11-16-15(12)17-13(19)9-5-3-1-2-4-6-10-14(20)21/h12,15-16,18H,1-11H2,(H,17,19)(H,20,21). The number of carboxylic acid groups (broad SMARTS) is 1. The number of carbonyl (C=O) groups is 2. The van der Waals surface area contributed by atoms with Crippen LogP contribution in [0.25, 0.3) is 0 Å². The highest BCUT2D eigenvalue weighted by molar-refractivity contribution is 5.76. The average molecular weight is 300 g/mol. The zero-order valence-electron chi connectivity index (χ0n) is 12.6. The molecule has 2 unspecified atom stereocenters. The third kappa shape index (κ3) is 8.67. The number of nitrogens with one attached hydrogen (secondary N) is 2. The lowest BCUT2D eigenvalue weighted by atomic mass is 10.1. The monoisotopic (exact) mass is 300 g/mol. The summed E-state index contributed by atoms with van der Waals surface area (Å²) in [6, 6.07) is 0. The quantitative estimate of drug-likeness (QED) is 0.457. The van der Waals surface area contributed by atoms with Crippen molar-refractivity contribution in [2.24, 2.45) is 0 Å². The van der Waals surface area contributed by atoms with Gasteiger partial charge in [-0.2, -0.15) is 0 Å². The van der Waals surface area contributed by atoms with Crippen LogP contribution in [0.5, 0.6) is 0 Å². The molecule has 1 heterocycles. The molecule has 1 amide bonds.